The fraction of sp³-hybridized carbons (Fsp3) is 0.312. The van der Waals surface area contributed by atoms with Crippen LogP contribution in [0.15, 0.2) is 30.6 Å². The van der Waals surface area contributed by atoms with Gasteiger partial charge in [0.25, 0.3) is 0 Å². The molecule has 0 atom stereocenters. The second-order valence-electron chi connectivity index (χ2n) is 5.51. The van der Waals surface area contributed by atoms with Crippen molar-refractivity contribution in [1.82, 2.24) is 19.7 Å². The summed E-state index contributed by atoms with van der Waals surface area (Å²) in [6.07, 6.45) is 1.66. The van der Waals surface area contributed by atoms with Crippen molar-refractivity contribution in [2.75, 3.05) is 31.1 Å². The lowest BCUT2D eigenvalue weighted by atomic mass is 10.1. The van der Waals surface area contributed by atoms with Crippen molar-refractivity contribution in [1.29, 1.82) is 0 Å². The van der Waals surface area contributed by atoms with Crippen molar-refractivity contribution in [2.24, 2.45) is 0 Å². The average Bonchev–Trinajstić information content (AvgIpc) is 3.00. The highest BCUT2D eigenvalue weighted by molar-refractivity contribution is 7.14. The fourth-order valence-electron chi connectivity index (χ4n) is 2.75. The molecule has 1 N–H and O–H groups in total. The van der Waals surface area contributed by atoms with Gasteiger partial charge >= 0.3 is 0 Å². The Morgan fingerprint density at radius 1 is 1.09 bits per heavy atom. The van der Waals surface area contributed by atoms with Crippen molar-refractivity contribution in [3.05, 3.63) is 36.2 Å². The first kappa shape index (κ1) is 13.6. The monoisotopic (exact) mass is 311 g/mol. The molecular formula is C16H17N5S. The number of aryl methyl sites for hydroxylation is 1. The van der Waals surface area contributed by atoms with Crippen molar-refractivity contribution < 1.29 is 0 Å². The van der Waals surface area contributed by atoms with E-state index in [4.69, 9.17) is 0 Å². The van der Waals surface area contributed by atoms with E-state index in [1.165, 1.54) is 17.1 Å². The van der Waals surface area contributed by atoms with E-state index in [1.54, 1.807) is 6.33 Å². The molecule has 3 heterocycles. The predicted molar refractivity (Wildman–Crippen MR) is 90.5 cm³/mol. The topological polar surface area (TPSA) is 53.9 Å². The third-order valence-electron chi connectivity index (χ3n) is 3.98. The number of piperazine rings is 1. The van der Waals surface area contributed by atoms with Gasteiger partial charge in [0.1, 0.15) is 22.2 Å². The van der Waals surface area contributed by atoms with E-state index in [9.17, 15) is 0 Å². The van der Waals surface area contributed by atoms with Gasteiger partial charge < -0.3 is 10.2 Å². The largest absolute Gasteiger partial charge is 0.353 e. The molecule has 1 aliphatic heterocycles. The minimum atomic E-state index is 0.956. The first-order valence-corrected chi connectivity index (χ1v) is 8.23. The molecule has 6 heteroatoms. The summed E-state index contributed by atoms with van der Waals surface area (Å²) in [5.74, 6) is 1.02. The third-order valence-corrected chi connectivity index (χ3v) is 4.81. The van der Waals surface area contributed by atoms with Gasteiger partial charge in [0.15, 0.2) is 5.82 Å². The summed E-state index contributed by atoms with van der Waals surface area (Å²) in [6.45, 7) is 6.03. The van der Waals surface area contributed by atoms with E-state index in [1.807, 2.05) is 0 Å². The van der Waals surface area contributed by atoms with Gasteiger partial charge in [-0.3, -0.25) is 0 Å². The standard InChI is InChI=1S/C16H17N5S/c1-11-2-4-12(5-3-11)13-14-15(22-20-13)16(19-10-18-14)21-8-6-17-7-9-21/h2-5,10,17H,6-9H2,1H3. The minimum absolute atomic E-state index is 0.956. The van der Waals surface area contributed by atoms with Crippen molar-refractivity contribution in [3.8, 4) is 11.3 Å². The number of fused-ring (bicyclic) bond motifs is 1. The number of rotatable bonds is 2. The molecule has 4 rings (SSSR count). The lowest BCUT2D eigenvalue weighted by Crippen LogP contribution is -2.43. The lowest BCUT2D eigenvalue weighted by Gasteiger charge is -2.28. The minimum Gasteiger partial charge on any atom is -0.353 e. The molecule has 2 aromatic heterocycles. The summed E-state index contributed by atoms with van der Waals surface area (Å²) in [5.41, 5.74) is 4.28. The van der Waals surface area contributed by atoms with Crippen LogP contribution in [0.3, 0.4) is 0 Å². The van der Waals surface area contributed by atoms with E-state index in [0.717, 1.165) is 53.5 Å². The molecule has 1 aliphatic rings. The molecule has 112 valence electrons. The van der Waals surface area contributed by atoms with Crippen molar-refractivity contribution in [2.45, 2.75) is 6.92 Å². The van der Waals surface area contributed by atoms with E-state index >= 15 is 0 Å². The van der Waals surface area contributed by atoms with E-state index in [0.29, 0.717) is 0 Å². The number of benzene rings is 1. The summed E-state index contributed by atoms with van der Waals surface area (Å²) < 4.78 is 5.73. The van der Waals surface area contributed by atoms with E-state index in [-0.39, 0.29) is 0 Å². The Labute approximate surface area is 133 Å². The zero-order valence-electron chi connectivity index (χ0n) is 12.4. The molecule has 22 heavy (non-hydrogen) atoms. The van der Waals surface area contributed by atoms with Gasteiger partial charge in [0, 0.05) is 31.7 Å². The molecular weight excluding hydrogens is 294 g/mol. The molecule has 5 nitrogen and oxygen atoms in total. The van der Waals surface area contributed by atoms with Crippen LogP contribution in [0.4, 0.5) is 5.82 Å². The molecule has 1 fully saturated rings. The Balaban J connectivity index is 1.80. The SMILES string of the molecule is Cc1ccc(-c2nsc3c(N4CCNCC4)ncnc23)cc1. The van der Waals surface area contributed by atoms with Crippen molar-refractivity contribution in [3.63, 3.8) is 0 Å². The van der Waals surface area contributed by atoms with Gasteiger partial charge in [-0.25, -0.2) is 9.97 Å². The van der Waals surface area contributed by atoms with Crippen LogP contribution in [0.5, 0.6) is 0 Å². The van der Waals surface area contributed by atoms with Crippen LogP contribution < -0.4 is 10.2 Å². The Morgan fingerprint density at radius 2 is 1.86 bits per heavy atom. The molecule has 1 aromatic carbocycles. The fourth-order valence-corrected chi connectivity index (χ4v) is 3.63. The molecule has 0 saturated carbocycles. The lowest BCUT2D eigenvalue weighted by molar-refractivity contribution is 0.586. The molecule has 0 bridgehead atoms. The number of anilines is 1. The second-order valence-corrected chi connectivity index (χ2v) is 6.28. The maximum absolute atomic E-state index is 4.65. The number of aromatic nitrogens is 3. The van der Waals surface area contributed by atoms with Crippen LogP contribution >= 0.6 is 11.5 Å². The highest BCUT2D eigenvalue weighted by atomic mass is 32.1. The Bertz CT molecular complexity index is 790. The molecule has 0 amide bonds. The first-order chi connectivity index (χ1) is 10.8. The van der Waals surface area contributed by atoms with Gasteiger partial charge in [-0.15, -0.1) is 0 Å². The summed E-state index contributed by atoms with van der Waals surface area (Å²) >= 11 is 1.50. The Kier molecular flexibility index (Phi) is 3.48. The third kappa shape index (κ3) is 2.34. The normalized spacial score (nSPS) is 15.4. The van der Waals surface area contributed by atoms with E-state index < -0.39 is 0 Å². The Morgan fingerprint density at radius 3 is 2.64 bits per heavy atom. The summed E-state index contributed by atoms with van der Waals surface area (Å²) in [5, 5.41) is 3.37. The number of hydrogen-bond donors (Lipinski definition) is 1. The maximum atomic E-state index is 4.65. The maximum Gasteiger partial charge on any atom is 0.151 e. The van der Waals surface area contributed by atoms with Crippen LogP contribution in [0, 0.1) is 6.92 Å². The van der Waals surface area contributed by atoms with Crippen LogP contribution in [0.25, 0.3) is 21.5 Å². The van der Waals surface area contributed by atoms with Crippen LogP contribution in [0.1, 0.15) is 5.56 Å². The first-order valence-electron chi connectivity index (χ1n) is 7.46. The van der Waals surface area contributed by atoms with Gasteiger partial charge in [-0.05, 0) is 18.5 Å². The summed E-state index contributed by atoms with van der Waals surface area (Å²) in [4.78, 5) is 11.3. The number of nitrogens with zero attached hydrogens (tertiary/aromatic N) is 4. The second kappa shape index (κ2) is 5.62. The zero-order chi connectivity index (χ0) is 14.9. The van der Waals surface area contributed by atoms with Gasteiger partial charge in [-0.2, -0.15) is 4.37 Å². The van der Waals surface area contributed by atoms with E-state index in [2.05, 4.69) is 55.7 Å². The van der Waals surface area contributed by atoms with Crippen LogP contribution in [0.2, 0.25) is 0 Å². The molecule has 0 unspecified atom stereocenters. The molecule has 1 saturated heterocycles. The van der Waals surface area contributed by atoms with Gasteiger partial charge in [0.2, 0.25) is 0 Å². The van der Waals surface area contributed by atoms with Crippen LogP contribution in [-0.4, -0.2) is 40.5 Å². The molecule has 3 aromatic rings. The van der Waals surface area contributed by atoms with Crippen molar-refractivity contribution >= 4 is 27.6 Å². The van der Waals surface area contributed by atoms with Crippen LogP contribution in [-0.2, 0) is 0 Å². The summed E-state index contributed by atoms with van der Waals surface area (Å²) in [6, 6.07) is 8.44. The zero-order valence-corrected chi connectivity index (χ0v) is 13.2. The molecule has 0 spiro atoms. The highest BCUT2D eigenvalue weighted by Gasteiger charge is 2.19. The highest BCUT2D eigenvalue weighted by Crippen LogP contribution is 2.34. The van der Waals surface area contributed by atoms with Gasteiger partial charge in [-0.1, -0.05) is 29.8 Å². The predicted octanol–water partition coefficient (Wildman–Crippen LogP) is 2.47. The Hall–Kier alpha value is -2.05. The summed E-state index contributed by atoms with van der Waals surface area (Å²) in [7, 11) is 0. The van der Waals surface area contributed by atoms with Gasteiger partial charge in [0.05, 0.1) is 0 Å². The molecule has 0 aliphatic carbocycles. The smallest absolute Gasteiger partial charge is 0.151 e. The number of nitrogens with one attached hydrogen (secondary N) is 1. The number of hydrogen-bond acceptors (Lipinski definition) is 6. The quantitative estimate of drug-likeness (QED) is 0.788. The molecule has 0 radical (unpaired) electrons. The average molecular weight is 311 g/mol.